The first-order valence-electron chi connectivity index (χ1n) is 10.7. The number of benzene rings is 3. The topological polar surface area (TPSA) is 51.5 Å². The molecule has 1 aliphatic carbocycles. The number of nitrogens with zero attached hydrogens (tertiary/aromatic N) is 2. The van der Waals surface area contributed by atoms with Crippen molar-refractivity contribution in [2.24, 2.45) is 0 Å². The Morgan fingerprint density at radius 3 is 2.28 bits per heavy atom. The van der Waals surface area contributed by atoms with Gasteiger partial charge in [-0.15, -0.1) is 0 Å². The fourth-order valence-electron chi connectivity index (χ4n) is 4.70. The number of ether oxygens (including phenoxy) is 1. The molecule has 0 saturated heterocycles. The van der Waals surface area contributed by atoms with Gasteiger partial charge in [0.2, 0.25) is 0 Å². The maximum atomic E-state index is 12.8. The maximum absolute atomic E-state index is 12.8. The monoisotopic (exact) mass is 424 g/mol. The third-order valence-corrected chi connectivity index (χ3v) is 6.20. The lowest BCUT2D eigenvalue weighted by Gasteiger charge is -2.19. The summed E-state index contributed by atoms with van der Waals surface area (Å²) >= 11 is 0. The number of aromatic nitrogens is 1. The zero-order valence-electron chi connectivity index (χ0n) is 17.9. The van der Waals surface area contributed by atoms with E-state index in [2.05, 4.69) is 24.3 Å². The SMILES string of the molecule is CN(Cc1cn(CC=O)c2ccccc12)C(=O)OCC1c2ccccc2-c2ccccc21. The van der Waals surface area contributed by atoms with Crippen LogP contribution in [0.1, 0.15) is 22.6 Å². The molecule has 0 aliphatic heterocycles. The maximum Gasteiger partial charge on any atom is 0.409 e. The molecule has 0 radical (unpaired) electrons. The van der Waals surface area contributed by atoms with Crippen LogP contribution in [0.2, 0.25) is 0 Å². The number of carbonyl (C=O) groups excluding carboxylic acids is 2. The molecular weight excluding hydrogens is 400 g/mol. The van der Waals surface area contributed by atoms with Gasteiger partial charge in [-0.1, -0.05) is 66.7 Å². The van der Waals surface area contributed by atoms with Crippen molar-refractivity contribution in [3.63, 3.8) is 0 Å². The van der Waals surface area contributed by atoms with Gasteiger partial charge in [-0.05, 0) is 33.9 Å². The molecule has 5 nitrogen and oxygen atoms in total. The summed E-state index contributed by atoms with van der Waals surface area (Å²) in [6.45, 7) is 0.988. The van der Waals surface area contributed by atoms with Gasteiger partial charge < -0.3 is 19.0 Å². The highest BCUT2D eigenvalue weighted by Crippen LogP contribution is 2.44. The van der Waals surface area contributed by atoms with Crippen molar-refractivity contribution in [2.75, 3.05) is 13.7 Å². The Labute approximate surface area is 186 Å². The van der Waals surface area contributed by atoms with Crippen molar-refractivity contribution >= 4 is 23.3 Å². The van der Waals surface area contributed by atoms with Crippen molar-refractivity contribution in [3.05, 3.63) is 95.7 Å². The first kappa shape index (κ1) is 20.1. The fraction of sp³-hybridized carbons (Fsp3) is 0.185. The number of para-hydroxylation sites is 1. The zero-order valence-corrected chi connectivity index (χ0v) is 17.9. The quantitative estimate of drug-likeness (QED) is 0.399. The molecule has 0 N–H and O–H groups in total. The predicted octanol–water partition coefficient (Wildman–Crippen LogP) is 5.22. The summed E-state index contributed by atoms with van der Waals surface area (Å²) in [5.41, 5.74) is 6.78. The highest BCUT2D eigenvalue weighted by molar-refractivity contribution is 5.85. The summed E-state index contributed by atoms with van der Waals surface area (Å²) in [6, 6.07) is 24.5. The lowest BCUT2D eigenvalue weighted by Crippen LogP contribution is -2.28. The van der Waals surface area contributed by atoms with Crippen LogP contribution in [-0.4, -0.2) is 35.5 Å². The highest BCUT2D eigenvalue weighted by atomic mass is 16.6. The van der Waals surface area contributed by atoms with Crippen molar-refractivity contribution in [1.82, 2.24) is 9.47 Å². The average Bonchev–Trinajstić information content (AvgIpc) is 3.33. The van der Waals surface area contributed by atoms with Gasteiger partial charge >= 0.3 is 6.09 Å². The molecule has 1 aliphatic rings. The number of hydrogen-bond acceptors (Lipinski definition) is 3. The van der Waals surface area contributed by atoms with E-state index in [1.54, 1.807) is 11.9 Å². The van der Waals surface area contributed by atoms with Crippen LogP contribution in [0.4, 0.5) is 4.79 Å². The van der Waals surface area contributed by atoms with Crippen LogP contribution in [-0.2, 0) is 22.6 Å². The van der Waals surface area contributed by atoms with E-state index >= 15 is 0 Å². The molecular formula is C27H24N2O3. The number of carbonyl (C=O) groups is 2. The average molecular weight is 425 g/mol. The Kier molecular flexibility index (Phi) is 5.23. The van der Waals surface area contributed by atoms with Gasteiger partial charge in [-0.2, -0.15) is 0 Å². The summed E-state index contributed by atoms with van der Waals surface area (Å²) in [5.74, 6) is 0.0363. The molecule has 0 spiro atoms. The second kappa shape index (κ2) is 8.35. The minimum atomic E-state index is -0.362. The van der Waals surface area contributed by atoms with Crippen LogP contribution in [0.3, 0.4) is 0 Å². The summed E-state index contributed by atoms with van der Waals surface area (Å²) < 4.78 is 7.67. The van der Waals surface area contributed by atoms with E-state index in [1.165, 1.54) is 22.3 Å². The number of hydrogen-bond donors (Lipinski definition) is 0. The Hall–Kier alpha value is -3.86. The van der Waals surface area contributed by atoms with Crippen LogP contribution in [0, 0.1) is 0 Å². The lowest BCUT2D eigenvalue weighted by molar-refractivity contribution is -0.108. The van der Waals surface area contributed by atoms with Crippen LogP contribution < -0.4 is 0 Å². The molecule has 1 aromatic heterocycles. The number of amides is 1. The zero-order chi connectivity index (χ0) is 22.1. The van der Waals surface area contributed by atoms with Gasteiger partial charge in [0.1, 0.15) is 12.9 Å². The first-order valence-corrected chi connectivity index (χ1v) is 10.7. The van der Waals surface area contributed by atoms with Gasteiger partial charge in [0.25, 0.3) is 0 Å². The third kappa shape index (κ3) is 3.46. The smallest absolute Gasteiger partial charge is 0.409 e. The molecule has 0 atom stereocenters. The third-order valence-electron chi connectivity index (χ3n) is 6.20. The normalized spacial score (nSPS) is 12.4. The molecule has 4 aromatic rings. The van der Waals surface area contributed by atoms with Crippen molar-refractivity contribution < 1.29 is 14.3 Å². The summed E-state index contributed by atoms with van der Waals surface area (Å²) in [5, 5.41) is 1.03. The first-order chi connectivity index (χ1) is 15.7. The van der Waals surface area contributed by atoms with E-state index in [1.807, 2.05) is 59.3 Å². The van der Waals surface area contributed by atoms with Crippen molar-refractivity contribution in [2.45, 2.75) is 19.0 Å². The summed E-state index contributed by atoms with van der Waals surface area (Å²) in [7, 11) is 1.74. The summed E-state index contributed by atoms with van der Waals surface area (Å²) in [4.78, 5) is 25.5. The molecule has 0 unspecified atom stereocenters. The van der Waals surface area contributed by atoms with Crippen LogP contribution in [0.15, 0.2) is 79.0 Å². The van der Waals surface area contributed by atoms with E-state index in [0.29, 0.717) is 13.2 Å². The van der Waals surface area contributed by atoms with Gasteiger partial charge in [0, 0.05) is 30.1 Å². The molecule has 0 fully saturated rings. The van der Waals surface area contributed by atoms with Crippen LogP contribution in [0.5, 0.6) is 0 Å². The lowest BCUT2D eigenvalue weighted by atomic mass is 9.98. The van der Waals surface area contributed by atoms with Gasteiger partial charge in [-0.25, -0.2) is 4.79 Å². The number of fused-ring (bicyclic) bond motifs is 4. The van der Waals surface area contributed by atoms with Crippen LogP contribution >= 0.6 is 0 Å². The number of aldehydes is 1. The van der Waals surface area contributed by atoms with Gasteiger partial charge in [0.05, 0.1) is 13.1 Å². The molecule has 0 saturated carbocycles. The van der Waals surface area contributed by atoms with Crippen molar-refractivity contribution in [1.29, 1.82) is 0 Å². The Morgan fingerprint density at radius 1 is 0.969 bits per heavy atom. The molecule has 5 rings (SSSR count). The predicted molar refractivity (Wildman–Crippen MR) is 125 cm³/mol. The fourth-order valence-corrected chi connectivity index (χ4v) is 4.70. The van der Waals surface area contributed by atoms with E-state index in [0.717, 1.165) is 22.8 Å². The minimum Gasteiger partial charge on any atom is -0.448 e. The van der Waals surface area contributed by atoms with E-state index in [-0.39, 0.29) is 18.6 Å². The molecule has 160 valence electrons. The summed E-state index contributed by atoms with van der Waals surface area (Å²) in [6.07, 6.45) is 2.46. The van der Waals surface area contributed by atoms with E-state index in [9.17, 15) is 9.59 Å². The largest absolute Gasteiger partial charge is 0.448 e. The molecule has 1 heterocycles. The molecule has 32 heavy (non-hydrogen) atoms. The highest BCUT2D eigenvalue weighted by Gasteiger charge is 2.29. The second-order valence-corrected chi connectivity index (χ2v) is 8.15. The molecule has 1 amide bonds. The van der Waals surface area contributed by atoms with E-state index in [4.69, 9.17) is 4.74 Å². The van der Waals surface area contributed by atoms with Gasteiger partial charge in [-0.3, -0.25) is 0 Å². The Balaban J connectivity index is 1.31. The van der Waals surface area contributed by atoms with E-state index < -0.39 is 0 Å². The Morgan fingerprint density at radius 2 is 1.59 bits per heavy atom. The standard InChI is InChI=1S/C27H24N2O3/c1-28(16-19-17-29(14-15-30)26-13-7-6-8-20(19)26)27(31)32-18-25-23-11-4-2-9-21(23)22-10-3-5-12-24(22)25/h2-13,15,17,25H,14,16,18H2,1H3. The minimum absolute atomic E-state index is 0.0363. The second-order valence-electron chi connectivity index (χ2n) is 8.15. The van der Waals surface area contributed by atoms with Crippen LogP contribution in [0.25, 0.3) is 22.0 Å². The molecule has 0 bridgehead atoms. The molecule has 5 heteroatoms. The molecule has 3 aromatic carbocycles. The Bertz CT molecular complexity index is 1260. The van der Waals surface area contributed by atoms with Gasteiger partial charge in [0.15, 0.2) is 0 Å². The number of rotatable bonds is 6. The van der Waals surface area contributed by atoms with Crippen molar-refractivity contribution in [3.8, 4) is 11.1 Å².